The third-order valence-corrected chi connectivity index (χ3v) is 7.19. The number of rotatable bonds is 6. The van der Waals surface area contributed by atoms with Gasteiger partial charge < -0.3 is 14.8 Å². The van der Waals surface area contributed by atoms with Crippen LogP contribution in [0.4, 0.5) is 13.2 Å². The van der Waals surface area contributed by atoms with Crippen LogP contribution in [-0.2, 0) is 6.42 Å². The lowest BCUT2D eigenvalue weighted by atomic mass is 9.86. The smallest absolute Gasteiger partial charge is 0.335 e. The first-order valence-electron chi connectivity index (χ1n) is 12.4. The summed E-state index contributed by atoms with van der Waals surface area (Å²) in [5.41, 5.74) is 1.28. The molecule has 5 rings (SSSR count). The first-order chi connectivity index (χ1) is 18.0. The van der Waals surface area contributed by atoms with Gasteiger partial charge in [0.05, 0.1) is 18.7 Å². The number of fused-ring (bicyclic) bond motifs is 3. The van der Waals surface area contributed by atoms with E-state index in [1.54, 1.807) is 0 Å². The third kappa shape index (κ3) is 4.53. The number of aromatic nitrogens is 1. The lowest BCUT2D eigenvalue weighted by Crippen LogP contribution is -2.48. The van der Waals surface area contributed by atoms with Gasteiger partial charge in [0.2, 0.25) is 0 Å². The predicted octanol–water partition coefficient (Wildman–Crippen LogP) is 6.90. The number of halogens is 3. The van der Waals surface area contributed by atoms with E-state index in [4.69, 9.17) is 4.74 Å². The summed E-state index contributed by atoms with van der Waals surface area (Å²) in [6.45, 7) is 4.85. The van der Waals surface area contributed by atoms with E-state index in [1.807, 2.05) is 36.1 Å². The van der Waals surface area contributed by atoms with Crippen molar-refractivity contribution in [2.24, 2.45) is 0 Å². The van der Waals surface area contributed by atoms with Gasteiger partial charge in [0, 0.05) is 40.3 Å². The highest BCUT2D eigenvalue weighted by atomic mass is 19.1. The molecule has 3 aromatic carbocycles. The Kier molecular flexibility index (Phi) is 6.47. The summed E-state index contributed by atoms with van der Waals surface area (Å²) in [6.07, 6.45) is 0.611. The number of nitrogens with zero attached hydrogens (tertiary/aromatic N) is 1. The summed E-state index contributed by atoms with van der Waals surface area (Å²) < 4.78 is 52.3. The van der Waals surface area contributed by atoms with Crippen LogP contribution in [0.1, 0.15) is 54.0 Å². The number of alkyl halides is 1. The zero-order chi connectivity index (χ0) is 27.4. The first kappa shape index (κ1) is 25.9. The SMILES string of the molecule is COc1cc(C(=O)O)ccc1-c1cc(F)c([C@@H]2c3[nH]c4ccccc4c3C[C@@H](C)N2CC(C)(C)F)c(F)c1. The fraction of sp³-hybridized carbons (Fsp3) is 0.300. The first-order valence-corrected chi connectivity index (χ1v) is 12.4. The Hall–Kier alpha value is -3.78. The Morgan fingerprint density at radius 2 is 1.82 bits per heavy atom. The second-order valence-electron chi connectivity index (χ2n) is 10.5. The lowest BCUT2D eigenvalue weighted by molar-refractivity contribution is 0.0643. The molecule has 1 aromatic heterocycles. The monoisotopic (exact) mass is 522 g/mol. The van der Waals surface area contributed by atoms with Gasteiger partial charge in [-0.2, -0.15) is 0 Å². The van der Waals surface area contributed by atoms with Gasteiger partial charge in [0.15, 0.2) is 0 Å². The van der Waals surface area contributed by atoms with Gasteiger partial charge >= 0.3 is 5.97 Å². The molecule has 0 spiro atoms. The van der Waals surface area contributed by atoms with Crippen LogP contribution in [0.3, 0.4) is 0 Å². The number of H-pyrrole nitrogens is 1. The molecule has 0 aliphatic carbocycles. The van der Waals surface area contributed by atoms with Crippen molar-refractivity contribution in [1.82, 2.24) is 9.88 Å². The summed E-state index contributed by atoms with van der Waals surface area (Å²) in [5.74, 6) is -2.52. The molecule has 0 saturated heterocycles. The van der Waals surface area contributed by atoms with Gasteiger partial charge in [-0.1, -0.05) is 18.2 Å². The van der Waals surface area contributed by atoms with Crippen LogP contribution in [-0.4, -0.2) is 46.3 Å². The van der Waals surface area contributed by atoms with Crippen molar-refractivity contribution in [2.45, 2.75) is 44.9 Å². The summed E-state index contributed by atoms with van der Waals surface area (Å²) in [7, 11) is 1.36. The molecule has 4 aromatic rings. The number of aromatic amines is 1. The molecule has 1 aliphatic rings. The molecular weight excluding hydrogens is 493 g/mol. The predicted molar refractivity (Wildman–Crippen MR) is 141 cm³/mol. The number of carboxylic acid groups (broad SMARTS) is 1. The average molecular weight is 523 g/mol. The normalized spacial score (nSPS) is 18.0. The van der Waals surface area contributed by atoms with Gasteiger partial charge in [-0.25, -0.2) is 18.0 Å². The van der Waals surface area contributed by atoms with Crippen molar-refractivity contribution < 1.29 is 27.8 Å². The Morgan fingerprint density at radius 3 is 2.45 bits per heavy atom. The summed E-state index contributed by atoms with van der Waals surface area (Å²) >= 11 is 0. The Balaban J connectivity index is 1.69. The van der Waals surface area contributed by atoms with Gasteiger partial charge in [0.1, 0.15) is 23.1 Å². The van der Waals surface area contributed by atoms with Gasteiger partial charge in [-0.15, -0.1) is 0 Å². The number of carboxylic acids is 1. The Bertz CT molecular complexity index is 1520. The molecule has 8 heteroatoms. The van der Waals surface area contributed by atoms with Crippen LogP contribution in [0, 0.1) is 11.6 Å². The maximum Gasteiger partial charge on any atom is 0.335 e. The molecule has 0 bridgehead atoms. The van der Waals surface area contributed by atoms with Crippen molar-refractivity contribution in [3.8, 4) is 16.9 Å². The molecular formula is C30H29F3N2O3. The largest absolute Gasteiger partial charge is 0.496 e. The summed E-state index contributed by atoms with van der Waals surface area (Å²) in [6, 6.07) is 13.2. The number of hydrogen-bond donors (Lipinski definition) is 2. The van der Waals surface area contributed by atoms with Crippen LogP contribution in [0.25, 0.3) is 22.0 Å². The second kappa shape index (κ2) is 9.51. The highest BCUT2D eigenvalue weighted by Crippen LogP contribution is 2.44. The summed E-state index contributed by atoms with van der Waals surface area (Å²) in [4.78, 5) is 16.5. The standard InChI is InChI=1S/C30H29F3N2O3/c1-16-11-21-20-7-5-6-8-24(20)34-27(21)28(35(16)15-30(2,3)33)26-22(31)12-18(13-23(26)32)19-10-9-17(29(36)37)14-25(19)38-4/h5-10,12-14,16,28,34H,11,15H2,1-4H3,(H,36,37)/t16-,28-/m1/s1. The van der Waals surface area contributed by atoms with Gasteiger partial charge in [0.25, 0.3) is 0 Å². The fourth-order valence-corrected chi connectivity index (χ4v) is 5.56. The van der Waals surface area contributed by atoms with Crippen molar-refractivity contribution in [1.29, 1.82) is 0 Å². The van der Waals surface area contributed by atoms with E-state index in [1.165, 1.54) is 51.3 Å². The minimum Gasteiger partial charge on any atom is -0.496 e. The Labute approximate surface area is 218 Å². The number of nitrogens with one attached hydrogen (secondary N) is 1. The van der Waals surface area contributed by atoms with Gasteiger partial charge in [-0.3, -0.25) is 4.90 Å². The molecule has 2 atom stereocenters. The van der Waals surface area contributed by atoms with Gasteiger partial charge in [-0.05, 0) is 74.7 Å². The molecule has 0 radical (unpaired) electrons. The van der Waals surface area contributed by atoms with Crippen LogP contribution in [0.2, 0.25) is 0 Å². The number of hydrogen-bond acceptors (Lipinski definition) is 3. The van der Waals surface area contributed by atoms with Crippen LogP contribution in [0.5, 0.6) is 5.75 Å². The maximum absolute atomic E-state index is 16.0. The van der Waals surface area contributed by atoms with Crippen molar-refractivity contribution >= 4 is 16.9 Å². The van der Waals surface area contributed by atoms with E-state index in [-0.39, 0.29) is 35.0 Å². The van der Waals surface area contributed by atoms with E-state index in [9.17, 15) is 14.3 Å². The zero-order valence-corrected chi connectivity index (χ0v) is 21.6. The second-order valence-corrected chi connectivity index (χ2v) is 10.5. The number of methoxy groups -OCH3 is 1. The quantitative estimate of drug-likeness (QED) is 0.289. The van der Waals surface area contributed by atoms with Crippen molar-refractivity contribution in [2.75, 3.05) is 13.7 Å². The molecule has 198 valence electrons. The topological polar surface area (TPSA) is 65.6 Å². The number of benzene rings is 3. The molecule has 5 nitrogen and oxygen atoms in total. The summed E-state index contributed by atoms with van der Waals surface area (Å²) in [5, 5.41) is 10.3. The zero-order valence-electron chi connectivity index (χ0n) is 21.6. The molecule has 1 aliphatic heterocycles. The molecule has 0 unspecified atom stereocenters. The molecule has 2 heterocycles. The number of ether oxygens (including phenoxy) is 1. The number of para-hydroxylation sites is 1. The average Bonchev–Trinajstić information content (AvgIpc) is 3.22. The highest BCUT2D eigenvalue weighted by Gasteiger charge is 2.41. The minimum absolute atomic E-state index is 0.00447. The molecule has 0 fully saturated rings. The molecule has 0 saturated carbocycles. The van der Waals surface area contributed by atoms with Crippen LogP contribution < -0.4 is 4.74 Å². The molecule has 2 N–H and O–H groups in total. The molecule has 38 heavy (non-hydrogen) atoms. The van der Waals surface area contributed by atoms with E-state index in [0.717, 1.165) is 16.5 Å². The fourth-order valence-electron chi connectivity index (χ4n) is 5.56. The van der Waals surface area contributed by atoms with E-state index in [2.05, 4.69) is 4.98 Å². The minimum atomic E-state index is -1.60. The number of carbonyl (C=O) groups is 1. The maximum atomic E-state index is 16.0. The number of aromatic carboxylic acids is 1. The van der Waals surface area contributed by atoms with Crippen molar-refractivity contribution in [3.63, 3.8) is 0 Å². The van der Waals surface area contributed by atoms with E-state index >= 15 is 8.78 Å². The van der Waals surface area contributed by atoms with E-state index in [0.29, 0.717) is 17.7 Å². The highest BCUT2D eigenvalue weighted by molar-refractivity contribution is 5.90. The van der Waals surface area contributed by atoms with E-state index < -0.39 is 29.3 Å². The van der Waals surface area contributed by atoms with Crippen LogP contribution >= 0.6 is 0 Å². The lowest BCUT2D eigenvalue weighted by Gasteiger charge is -2.43. The van der Waals surface area contributed by atoms with Crippen LogP contribution in [0.15, 0.2) is 54.6 Å². The third-order valence-electron chi connectivity index (χ3n) is 7.19. The molecule has 0 amide bonds. The van der Waals surface area contributed by atoms with Crippen molar-refractivity contribution in [3.05, 3.63) is 88.6 Å². The Morgan fingerprint density at radius 1 is 1.13 bits per heavy atom.